The molecule has 2 atom stereocenters. The molecule has 3 aromatic rings. The van der Waals surface area contributed by atoms with Gasteiger partial charge in [0.25, 0.3) is 5.91 Å². The van der Waals surface area contributed by atoms with Crippen LogP contribution in [0.1, 0.15) is 60.1 Å². The number of nitrogens with zero attached hydrogens (tertiary/aromatic N) is 1. The maximum atomic E-state index is 13.6. The van der Waals surface area contributed by atoms with Crippen molar-refractivity contribution in [1.29, 1.82) is 0 Å². The molecule has 1 aliphatic rings. The third-order valence-electron chi connectivity index (χ3n) is 6.60. The third kappa shape index (κ3) is 6.92. The fourth-order valence-corrected chi connectivity index (χ4v) is 4.81. The van der Waals surface area contributed by atoms with Crippen LogP contribution in [0.3, 0.4) is 0 Å². The lowest BCUT2D eigenvalue weighted by Crippen LogP contribution is -2.46. The minimum Gasteiger partial charge on any atom is -0.494 e. The fourth-order valence-electron chi connectivity index (χ4n) is 4.68. The normalized spacial score (nSPS) is 16.4. The number of aliphatic carboxylic acids is 1. The average Bonchev–Trinajstić information content (AvgIpc) is 2.91. The number of carbonyl (C=O) groups is 3. The van der Waals surface area contributed by atoms with Crippen LogP contribution < -0.4 is 15.0 Å². The summed E-state index contributed by atoms with van der Waals surface area (Å²) in [6.45, 7) is 2.28. The number of hydrogen-bond acceptors (Lipinski definition) is 4. The van der Waals surface area contributed by atoms with E-state index in [4.69, 9.17) is 21.4 Å². The molecule has 8 heteroatoms. The Balaban J connectivity index is 1.41. The van der Waals surface area contributed by atoms with Crippen LogP contribution in [0.25, 0.3) is 0 Å². The van der Waals surface area contributed by atoms with Crippen LogP contribution >= 0.6 is 11.6 Å². The molecule has 0 bridgehead atoms. The number of carbonyl (C=O) groups excluding carboxylic acids is 2. The molecule has 0 radical (unpaired) electrons. The molecule has 2 amide bonds. The standard InChI is InChI=1S/C30H31ClN2O5/c1-20-19-26(32-28(34)17-10-21-8-13-23(31)14-9-21)25-5-2-3-6-27(25)33(20)30(37)22-11-15-24(16-12-22)38-18-4-7-29(35)36/h2-3,5-6,8-9,11-16,20,26H,4,7,10,17-19H2,1H3,(H,32,34)(H,35,36). The summed E-state index contributed by atoms with van der Waals surface area (Å²) in [5.41, 5.74) is 3.27. The van der Waals surface area contributed by atoms with Crippen molar-refractivity contribution in [2.24, 2.45) is 0 Å². The smallest absolute Gasteiger partial charge is 0.303 e. The van der Waals surface area contributed by atoms with Crippen LogP contribution in [-0.2, 0) is 16.0 Å². The van der Waals surface area contributed by atoms with Gasteiger partial charge in [-0.05, 0) is 79.8 Å². The van der Waals surface area contributed by atoms with Gasteiger partial charge >= 0.3 is 5.97 Å². The average molecular weight is 535 g/mol. The van der Waals surface area contributed by atoms with E-state index in [2.05, 4.69) is 5.32 Å². The van der Waals surface area contributed by atoms with Gasteiger partial charge in [-0.3, -0.25) is 14.4 Å². The van der Waals surface area contributed by atoms with Crippen molar-refractivity contribution in [3.05, 3.63) is 94.5 Å². The Kier molecular flexibility index (Phi) is 9.02. The molecule has 4 rings (SSSR count). The topological polar surface area (TPSA) is 95.9 Å². The second kappa shape index (κ2) is 12.6. The van der Waals surface area contributed by atoms with Crippen LogP contribution in [0.2, 0.25) is 5.02 Å². The summed E-state index contributed by atoms with van der Waals surface area (Å²) < 4.78 is 5.58. The molecule has 3 aromatic carbocycles. The van der Waals surface area contributed by atoms with Gasteiger partial charge in [-0.25, -0.2) is 0 Å². The van der Waals surface area contributed by atoms with E-state index in [1.165, 1.54) is 0 Å². The summed E-state index contributed by atoms with van der Waals surface area (Å²) in [6.07, 6.45) is 2.04. The monoisotopic (exact) mass is 534 g/mol. The molecule has 198 valence electrons. The quantitative estimate of drug-likeness (QED) is 0.320. The maximum Gasteiger partial charge on any atom is 0.303 e. The maximum absolute atomic E-state index is 13.6. The molecule has 1 aliphatic heterocycles. The Bertz CT molecular complexity index is 1280. The van der Waals surface area contributed by atoms with E-state index in [1.54, 1.807) is 29.2 Å². The number of benzene rings is 3. The van der Waals surface area contributed by atoms with Crippen LogP contribution in [0, 0.1) is 0 Å². The number of nitrogens with one attached hydrogen (secondary N) is 1. The van der Waals surface area contributed by atoms with Crippen molar-refractivity contribution >= 4 is 35.1 Å². The van der Waals surface area contributed by atoms with Crippen molar-refractivity contribution in [2.75, 3.05) is 11.5 Å². The zero-order valence-electron chi connectivity index (χ0n) is 21.2. The molecule has 0 saturated heterocycles. The van der Waals surface area contributed by atoms with E-state index < -0.39 is 5.97 Å². The highest BCUT2D eigenvalue weighted by molar-refractivity contribution is 6.30. The number of amides is 2. The van der Waals surface area contributed by atoms with Gasteiger partial charge in [0.15, 0.2) is 0 Å². The van der Waals surface area contributed by atoms with E-state index in [9.17, 15) is 14.4 Å². The molecule has 0 aliphatic carbocycles. The Morgan fingerprint density at radius 2 is 1.71 bits per heavy atom. The zero-order valence-corrected chi connectivity index (χ0v) is 22.0. The number of halogens is 1. The number of para-hydroxylation sites is 1. The van der Waals surface area contributed by atoms with E-state index in [0.717, 1.165) is 16.8 Å². The van der Waals surface area contributed by atoms with Gasteiger partial charge in [-0.2, -0.15) is 0 Å². The van der Waals surface area contributed by atoms with Crippen LogP contribution in [0.4, 0.5) is 5.69 Å². The van der Waals surface area contributed by atoms with Crippen molar-refractivity contribution in [1.82, 2.24) is 5.32 Å². The van der Waals surface area contributed by atoms with Crippen molar-refractivity contribution in [3.8, 4) is 5.75 Å². The van der Waals surface area contributed by atoms with Gasteiger partial charge in [-0.15, -0.1) is 0 Å². The van der Waals surface area contributed by atoms with E-state index >= 15 is 0 Å². The number of anilines is 1. The number of carboxylic acid groups (broad SMARTS) is 1. The van der Waals surface area contributed by atoms with Gasteiger partial charge in [0.05, 0.1) is 12.6 Å². The second-order valence-electron chi connectivity index (χ2n) is 9.44. The number of fused-ring (bicyclic) bond motifs is 1. The van der Waals surface area contributed by atoms with Crippen LogP contribution in [0.5, 0.6) is 5.75 Å². The number of aryl methyl sites for hydroxylation is 1. The second-order valence-corrected chi connectivity index (χ2v) is 9.87. The lowest BCUT2D eigenvalue weighted by atomic mass is 9.90. The molecule has 2 N–H and O–H groups in total. The first-order chi connectivity index (χ1) is 18.3. The molecule has 0 aromatic heterocycles. The summed E-state index contributed by atoms with van der Waals surface area (Å²) in [5, 5.41) is 12.6. The summed E-state index contributed by atoms with van der Waals surface area (Å²) >= 11 is 5.95. The number of rotatable bonds is 10. The Morgan fingerprint density at radius 3 is 2.42 bits per heavy atom. The number of carboxylic acids is 1. The highest BCUT2D eigenvalue weighted by Gasteiger charge is 2.34. The molecule has 0 saturated carbocycles. The van der Waals surface area contributed by atoms with Crippen LogP contribution in [-0.4, -0.2) is 35.5 Å². The van der Waals surface area contributed by atoms with Gasteiger partial charge < -0.3 is 20.1 Å². The Hall–Kier alpha value is -3.84. The van der Waals surface area contributed by atoms with Crippen molar-refractivity contribution < 1.29 is 24.2 Å². The molecule has 0 spiro atoms. The molecule has 0 fully saturated rings. The van der Waals surface area contributed by atoms with Crippen molar-refractivity contribution in [3.63, 3.8) is 0 Å². The lowest BCUT2D eigenvalue weighted by Gasteiger charge is -2.39. The Labute approximate surface area is 227 Å². The largest absolute Gasteiger partial charge is 0.494 e. The summed E-state index contributed by atoms with van der Waals surface area (Å²) in [4.78, 5) is 38.8. The number of ether oxygens (including phenoxy) is 1. The first-order valence-corrected chi connectivity index (χ1v) is 13.1. The SMILES string of the molecule is CC1CC(NC(=O)CCc2ccc(Cl)cc2)c2ccccc2N1C(=O)c1ccc(OCCCC(=O)O)cc1. The summed E-state index contributed by atoms with van der Waals surface area (Å²) in [5.74, 6) is -0.439. The van der Waals surface area contributed by atoms with Crippen LogP contribution in [0.15, 0.2) is 72.8 Å². The molecule has 2 unspecified atom stereocenters. The summed E-state index contributed by atoms with van der Waals surface area (Å²) in [7, 11) is 0. The highest BCUT2D eigenvalue weighted by Crippen LogP contribution is 2.38. The Morgan fingerprint density at radius 1 is 1.00 bits per heavy atom. The molecule has 7 nitrogen and oxygen atoms in total. The first kappa shape index (κ1) is 27.2. The minimum atomic E-state index is -0.856. The van der Waals surface area contributed by atoms with Crippen molar-refractivity contribution in [2.45, 2.75) is 51.1 Å². The first-order valence-electron chi connectivity index (χ1n) is 12.7. The van der Waals surface area contributed by atoms with Gasteiger partial charge in [0.1, 0.15) is 5.75 Å². The van der Waals surface area contributed by atoms with E-state index in [-0.39, 0.29) is 30.3 Å². The van der Waals surface area contributed by atoms with Gasteiger partial charge in [-0.1, -0.05) is 41.9 Å². The summed E-state index contributed by atoms with van der Waals surface area (Å²) in [6, 6.07) is 21.7. The molecular formula is C30H31ClN2O5. The third-order valence-corrected chi connectivity index (χ3v) is 6.85. The van der Waals surface area contributed by atoms with Gasteiger partial charge in [0.2, 0.25) is 5.91 Å². The van der Waals surface area contributed by atoms with E-state index in [1.807, 2.05) is 55.5 Å². The predicted molar refractivity (Wildman–Crippen MR) is 147 cm³/mol. The molecule has 1 heterocycles. The number of hydrogen-bond donors (Lipinski definition) is 2. The van der Waals surface area contributed by atoms with Gasteiger partial charge in [0, 0.05) is 35.2 Å². The fraction of sp³-hybridized carbons (Fsp3) is 0.300. The highest BCUT2D eigenvalue weighted by atomic mass is 35.5. The predicted octanol–water partition coefficient (Wildman–Crippen LogP) is 5.81. The molecule has 38 heavy (non-hydrogen) atoms. The van der Waals surface area contributed by atoms with E-state index in [0.29, 0.717) is 48.6 Å². The lowest BCUT2D eigenvalue weighted by molar-refractivity contribution is -0.137. The minimum absolute atomic E-state index is 0.0364. The zero-order chi connectivity index (χ0) is 27.1. The molecular weight excluding hydrogens is 504 g/mol.